The predicted molar refractivity (Wildman–Crippen MR) is 115 cm³/mol. The number of primary amides is 1. The fraction of sp³-hybridized carbons (Fsp3) is 0.316. The van der Waals surface area contributed by atoms with E-state index in [0.29, 0.717) is 16.9 Å². The molecule has 3 aromatic rings. The van der Waals surface area contributed by atoms with E-state index in [-0.39, 0.29) is 11.6 Å². The van der Waals surface area contributed by atoms with E-state index in [1.54, 1.807) is 4.68 Å². The maximum Gasteiger partial charge on any atom is 0.297 e. The van der Waals surface area contributed by atoms with Crippen LogP contribution in [0.25, 0.3) is 5.69 Å². The van der Waals surface area contributed by atoms with Gasteiger partial charge in [-0.1, -0.05) is 43.4 Å². The number of hydrogen-bond donors (Lipinski definition) is 2. The number of amides is 2. The first-order chi connectivity index (χ1) is 13.8. The molecular weight excluding hydrogens is 408 g/mol. The number of benzene rings is 1. The highest BCUT2D eigenvalue weighted by Crippen LogP contribution is 2.32. The standard InChI is InChI=1S/C19H22N6O2S2/c1-10(2)13-7-5-6-8-14(13)25-12(4)22-16(24-25)17(27)23-19-21-11(3)18(29-19)28-9-15(20)26/h5-8,10H,9H2,1-4H3,(H2,20,26)(H,21,23,27). The fourth-order valence-electron chi connectivity index (χ4n) is 2.74. The topological polar surface area (TPSA) is 116 Å². The van der Waals surface area contributed by atoms with Crippen LogP contribution >= 0.6 is 23.1 Å². The zero-order valence-electron chi connectivity index (χ0n) is 16.6. The van der Waals surface area contributed by atoms with Crippen molar-refractivity contribution in [3.05, 3.63) is 47.2 Å². The molecule has 152 valence electrons. The molecule has 0 saturated heterocycles. The molecule has 0 radical (unpaired) electrons. The molecule has 10 heteroatoms. The van der Waals surface area contributed by atoms with Crippen LogP contribution in [0.4, 0.5) is 5.13 Å². The van der Waals surface area contributed by atoms with E-state index in [1.165, 1.54) is 23.1 Å². The zero-order chi connectivity index (χ0) is 21.1. The van der Waals surface area contributed by atoms with Gasteiger partial charge in [0.1, 0.15) is 5.82 Å². The van der Waals surface area contributed by atoms with E-state index in [4.69, 9.17) is 5.73 Å². The number of carbonyl (C=O) groups is 2. The van der Waals surface area contributed by atoms with Gasteiger partial charge in [-0.15, -0.1) is 16.9 Å². The Hall–Kier alpha value is -2.72. The van der Waals surface area contributed by atoms with Crippen molar-refractivity contribution in [2.75, 3.05) is 11.1 Å². The molecule has 2 heterocycles. The molecule has 2 aromatic heterocycles. The van der Waals surface area contributed by atoms with Crippen LogP contribution in [0.3, 0.4) is 0 Å². The lowest BCUT2D eigenvalue weighted by Gasteiger charge is -2.12. The van der Waals surface area contributed by atoms with E-state index in [1.807, 2.05) is 38.1 Å². The molecule has 29 heavy (non-hydrogen) atoms. The minimum Gasteiger partial charge on any atom is -0.369 e. The van der Waals surface area contributed by atoms with Gasteiger partial charge in [-0.3, -0.25) is 14.9 Å². The summed E-state index contributed by atoms with van der Waals surface area (Å²) in [6.07, 6.45) is 0. The Morgan fingerprint density at radius 1 is 1.24 bits per heavy atom. The lowest BCUT2D eigenvalue weighted by molar-refractivity contribution is -0.115. The summed E-state index contributed by atoms with van der Waals surface area (Å²) in [5.74, 6) is 0.323. The van der Waals surface area contributed by atoms with Gasteiger partial charge in [0.05, 0.1) is 21.3 Å². The van der Waals surface area contributed by atoms with Gasteiger partial charge in [-0.25, -0.2) is 14.6 Å². The van der Waals surface area contributed by atoms with E-state index in [0.717, 1.165) is 21.2 Å². The fourth-order valence-corrected chi connectivity index (χ4v) is 4.62. The number of thiazole rings is 1. The normalized spacial score (nSPS) is 11.1. The van der Waals surface area contributed by atoms with Crippen LogP contribution in [-0.4, -0.2) is 37.3 Å². The number of aromatic nitrogens is 4. The van der Waals surface area contributed by atoms with Crippen molar-refractivity contribution in [1.29, 1.82) is 0 Å². The van der Waals surface area contributed by atoms with E-state index < -0.39 is 11.8 Å². The largest absolute Gasteiger partial charge is 0.369 e. The average molecular weight is 431 g/mol. The molecule has 2 amide bonds. The summed E-state index contributed by atoms with van der Waals surface area (Å²) in [6.45, 7) is 7.84. The number of nitrogens with two attached hydrogens (primary N) is 1. The maximum absolute atomic E-state index is 12.7. The predicted octanol–water partition coefficient (Wildman–Crippen LogP) is 3.29. The summed E-state index contributed by atoms with van der Waals surface area (Å²) in [6, 6.07) is 7.93. The monoisotopic (exact) mass is 430 g/mol. The van der Waals surface area contributed by atoms with Crippen LogP contribution in [0.5, 0.6) is 0 Å². The first-order valence-corrected chi connectivity index (χ1v) is 10.8. The van der Waals surface area contributed by atoms with Crippen LogP contribution < -0.4 is 11.1 Å². The van der Waals surface area contributed by atoms with Crippen molar-refractivity contribution in [1.82, 2.24) is 19.7 Å². The molecular formula is C19H22N6O2S2. The van der Waals surface area contributed by atoms with Gasteiger partial charge in [0.2, 0.25) is 11.7 Å². The molecule has 0 saturated carbocycles. The van der Waals surface area contributed by atoms with E-state index in [2.05, 4.69) is 34.2 Å². The Balaban J connectivity index is 1.81. The lowest BCUT2D eigenvalue weighted by Crippen LogP contribution is -2.14. The summed E-state index contributed by atoms with van der Waals surface area (Å²) in [4.78, 5) is 32.3. The van der Waals surface area contributed by atoms with Crippen molar-refractivity contribution < 1.29 is 9.59 Å². The number of para-hydroxylation sites is 1. The van der Waals surface area contributed by atoms with Crippen LogP contribution in [0.2, 0.25) is 0 Å². The molecule has 0 aliphatic rings. The van der Waals surface area contributed by atoms with Gasteiger partial charge >= 0.3 is 0 Å². The molecule has 8 nitrogen and oxygen atoms in total. The highest BCUT2D eigenvalue weighted by Gasteiger charge is 2.19. The summed E-state index contributed by atoms with van der Waals surface area (Å²) < 4.78 is 2.52. The van der Waals surface area contributed by atoms with Gasteiger partial charge < -0.3 is 5.73 Å². The van der Waals surface area contributed by atoms with Crippen LogP contribution in [0.1, 0.15) is 47.5 Å². The first kappa shape index (κ1) is 21.0. The average Bonchev–Trinajstić information content (AvgIpc) is 3.22. The molecule has 0 fully saturated rings. The summed E-state index contributed by atoms with van der Waals surface area (Å²) in [5.41, 5.74) is 7.95. The number of nitrogens with one attached hydrogen (secondary N) is 1. The van der Waals surface area contributed by atoms with Crippen molar-refractivity contribution in [2.45, 2.75) is 37.8 Å². The third-order valence-corrected chi connectivity index (χ3v) is 6.54. The SMILES string of the molecule is Cc1nc(NC(=O)c2nc(C)n(-c3ccccc3C(C)C)n2)sc1SCC(N)=O. The van der Waals surface area contributed by atoms with Crippen molar-refractivity contribution in [2.24, 2.45) is 5.73 Å². The summed E-state index contributed by atoms with van der Waals surface area (Å²) >= 11 is 2.59. The Morgan fingerprint density at radius 3 is 2.66 bits per heavy atom. The molecule has 3 rings (SSSR count). The number of anilines is 1. The van der Waals surface area contributed by atoms with Crippen LogP contribution in [0, 0.1) is 13.8 Å². The molecule has 0 spiro atoms. The summed E-state index contributed by atoms with van der Waals surface area (Å²) in [5, 5.41) is 7.58. The Kier molecular flexibility index (Phi) is 6.33. The van der Waals surface area contributed by atoms with Crippen molar-refractivity contribution in [3.63, 3.8) is 0 Å². The quantitative estimate of drug-likeness (QED) is 0.556. The molecule has 0 atom stereocenters. The number of aryl methyl sites for hydroxylation is 2. The van der Waals surface area contributed by atoms with Crippen molar-refractivity contribution >= 4 is 40.0 Å². The molecule has 0 aliphatic carbocycles. The minimum atomic E-state index is -0.436. The Morgan fingerprint density at radius 2 is 1.97 bits per heavy atom. The van der Waals surface area contributed by atoms with Gasteiger partial charge in [0.15, 0.2) is 5.13 Å². The van der Waals surface area contributed by atoms with Gasteiger partial charge in [-0.05, 0) is 31.4 Å². The van der Waals surface area contributed by atoms with Gasteiger partial charge in [0, 0.05) is 0 Å². The van der Waals surface area contributed by atoms with E-state index in [9.17, 15) is 9.59 Å². The third kappa shape index (κ3) is 4.83. The summed E-state index contributed by atoms with van der Waals surface area (Å²) in [7, 11) is 0. The van der Waals surface area contributed by atoms with Crippen molar-refractivity contribution in [3.8, 4) is 5.69 Å². The number of rotatable bonds is 7. The lowest BCUT2D eigenvalue weighted by atomic mass is 10.0. The third-order valence-electron chi connectivity index (χ3n) is 4.08. The number of hydrogen-bond acceptors (Lipinski definition) is 7. The molecule has 1 aromatic carbocycles. The highest BCUT2D eigenvalue weighted by atomic mass is 32.2. The maximum atomic E-state index is 12.7. The minimum absolute atomic E-state index is 0.0697. The number of carbonyl (C=O) groups excluding carboxylic acids is 2. The number of thioether (sulfide) groups is 1. The van der Waals surface area contributed by atoms with Gasteiger partial charge in [0.25, 0.3) is 5.91 Å². The smallest absolute Gasteiger partial charge is 0.297 e. The molecule has 0 aliphatic heterocycles. The first-order valence-electron chi connectivity index (χ1n) is 8.99. The highest BCUT2D eigenvalue weighted by molar-refractivity contribution is 8.01. The molecule has 0 bridgehead atoms. The second kappa shape index (κ2) is 8.75. The van der Waals surface area contributed by atoms with Gasteiger partial charge in [-0.2, -0.15) is 0 Å². The molecule has 0 unspecified atom stereocenters. The second-order valence-electron chi connectivity index (χ2n) is 6.71. The Labute approximate surface area is 176 Å². The second-order valence-corrected chi connectivity index (χ2v) is 8.95. The van der Waals surface area contributed by atoms with E-state index >= 15 is 0 Å². The number of nitrogens with zero attached hydrogens (tertiary/aromatic N) is 4. The molecule has 3 N–H and O–H groups in total. The van der Waals surface area contributed by atoms with Crippen LogP contribution in [-0.2, 0) is 4.79 Å². The zero-order valence-corrected chi connectivity index (χ0v) is 18.2. The van der Waals surface area contributed by atoms with Crippen LogP contribution in [0.15, 0.2) is 28.5 Å². The Bertz CT molecular complexity index is 1060.